The van der Waals surface area contributed by atoms with Crippen LogP contribution in [-0.4, -0.2) is 145 Å². The molecule has 75 heavy (non-hydrogen) atoms. The normalized spacial score (nSPS) is 27.2. The van der Waals surface area contributed by atoms with Crippen LogP contribution >= 0.6 is 0 Å². The predicted molar refractivity (Wildman–Crippen MR) is 240 cm³/mol. The summed E-state index contributed by atoms with van der Waals surface area (Å²) in [6.45, 7) is 8.15. The number of hydrogen-bond donors (Lipinski definition) is 2. The van der Waals surface area contributed by atoms with Gasteiger partial charge in [-0.15, -0.1) is 0 Å². The fourth-order valence-electron chi connectivity index (χ4n) is 9.00. The number of nitrogens with zero attached hydrogens (tertiary/aromatic N) is 1. The first-order chi connectivity index (χ1) is 35.4. The number of allylic oxidation sites excluding steroid dienone is 1. The van der Waals surface area contributed by atoms with Gasteiger partial charge in [0.05, 0.1) is 6.92 Å². The second-order valence-corrected chi connectivity index (χ2v) is 17.3. The molecule has 3 heterocycles. The Hall–Kier alpha value is -8.68. The predicted octanol–water partition coefficient (Wildman–Crippen LogP) is 0.272. The largest absolute Gasteiger partial charge is 0.529 e. The molecule has 2 aliphatic carbocycles. The number of nitrogens with one attached hydrogen (secondary N) is 2. The second kappa shape index (κ2) is 21.8. The molecule has 2 N–H and O–H groups in total. The molecular formula is C48H46N3O24+. The van der Waals surface area contributed by atoms with Crippen LogP contribution in [0, 0.1) is 16.7 Å². The number of benzene rings is 2. The number of carbonyl (C=O) groups is 12. The number of hydrogen-bond acceptors (Lipinski definition) is 24. The Morgan fingerprint density at radius 2 is 1.03 bits per heavy atom. The minimum Gasteiger partial charge on any atom is -0.484 e. The smallest absolute Gasteiger partial charge is 0.484 e. The first kappa shape index (κ1) is 54.1. The molecule has 0 radical (unpaired) electrons. The van der Waals surface area contributed by atoms with Crippen LogP contribution in [0.3, 0.4) is 0 Å². The third kappa shape index (κ3) is 11.3. The van der Waals surface area contributed by atoms with Gasteiger partial charge in [-0.25, -0.2) is 0 Å². The van der Waals surface area contributed by atoms with Gasteiger partial charge in [-0.1, -0.05) is 0 Å². The van der Waals surface area contributed by atoms with Crippen LogP contribution in [0.15, 0.2) is 47.9 Å². The maximum absolute atomic E-state index is 14.0. The summed E-state index contributed by atoms with van der Waals surface area (Å²) in [6.07, 6.45) is -12.3. The number of ether oxygens (including phenoxy) is 11. The van der Waals surface area contributed by atoms with Crippen molar-refractivity contribution in [1.29, 1.82) is 0 Å². The summed E-state index contributed by atoms with van der Waals surface area (Å²) >= 11 is 0. The maximum Gasteiger partial charge on any atom is 0.529 e. The van der Waals surface area contributed by atoms with Crippen molar-refractivity contribution in [3.8, 4) is 11.5 Å². The number of esters is 6. The number of Topliss-reactive ketones (excluding diaryl/α,β-unsaturated/α-hetero) is 4. The first-order valence-electron chi connectivity index (χ1n) is 22.6. The van der Waals surface area contributed by atoms with Gasteiger partial charge in [0.15, 0.2) is 76.2 Å². The van der Waals surface area contributed by atoms with Gasteiger partial charge in [-0.3, -0.25) is 57.5 Å². The minimum absolute atomic E-state index is 0.0485. The van der Waals surface area contributed by atoms with E-state index in [0.717, 1.165) is 53.7 Å². The van der Waals surface area contributed by atoms with E-state index in [4.69, 9.17) is 52.1 Å². The fourth-order valence-corrected chi connectivity index (χ4v) is 9.00. The molecule has 2 amide bonds. The fraction of sp³-hybridized carbons (Fsp3) is 0.438. The lowest BCUT2D eigenvalue weighted by Crippen LogP contribution is -2.67. The molecule has 5 aliphatic rings. The highest BCUT2D eigenvalue weighted by atomic mass is 16.7. The van der Waals surface area contributed by atoms with E-state index >= 15 is 0 Å². The highest BCUT2D eigenvalue weighted by Crippen LogP contribution is 2.40. The molecule has 0 aromatic heterocycles. The lowest BCUT2D eigenvalue weighted by molar-refractivity contribution is -0.271. The van der Waals surface area contributed by atoms with Gasteiger partial charge in [0, 0.05) is 63.8 Å². The van der Waals surface area contributed by atoms with Crippen molar-refractivity contribution in [1.82, 2.24) is 15.5 Å². The summed E-state index contributed by atoms with van der Waals surface area (Å²) in [5.41, 5.74) is -0.995. The Morgan fingerprint density at radius 1 is 0.560 bits per heavy atom. The highest BCUT2D eigenvalue weighted by molar-refractivity contribution is 6.36. The quantitative estimate of drug-likeness (QED) is 0.0640. The van der Waals surface area contributed by atoms with Crippen LogP contribution in [0.25, 0.3) is 0 Å². The van der Waals surface area contributed by atoms with E-state index in [1.165, 1.54) is 38.1 Å². The van der Waals surface area contributed by atoms with Gasteiger partial charge in [-0.2, -0.15) is 0 Å². The van der Waals surface area contributed by atoms with Crippen LogP contribution in [-0.2, 0) is 85.7 Å². The molecule has 12 atom stereocenters. The van der Waals surface area contributed by atoms with Gasteiger partial charge in [0.25, 0.3) is 4.85 Å². The van der Waals surface area contributed by atoms with E-state index in [1.807, 2.05) is 0 Å². The molecule has 396 valence electrons. The molecule has 7 rings (SSSR count). The van der Waals surface area contributed by atoms with Crippen LogP contribution in [0.4, 0.5) is 0 Å². The molecule has 2 aromatic carbocycles. The van der Waals surface area contributed by atoms with E-state index < -0.39 is 156 Å². The Labute approximate surface area is 422 Å². The van der Waals surface area contributed by atoms with Crippen LogP contribution in [0.5, 0.6) is 11.5 Å². The van der Waals surface area contributed by atoms with Crippen molar-refractivity contribution < 1.29 is 110 Å². The van der Waals surface area contributed by atoms with Crippen molar-refractivity contribution in [3.63, 3.8) is 0 Å². The van der Waals surface area contributed by atoms with Crippen molar-refractivity contribution >= 4 is 76.7 Å². The standard InChI is InChI=1S/C48H45N3O24/c1-16-39(68-19(4)53)43-44(66-16)42(67-17(2)51-64)34(48(75-43)72-23(8)57)50-46(63)32-36(59)27-12-10-25(14-29(27)38(32)61)73-24-9-11-26-28(13-24)37(60)31(35(26)58)45(62)49-33-41(70-21(6)55)40(69-20(5)54)30(15-65-18(3)52)74-47(33)71-22(7)56/h9-14,30-34,40-44,47-48H,15H2,1-8H3,(H-,49,50,62,63)/p+1/t30-,31?,32?,33-,34-,40-,41-,42-,43-,44+,47-,48-/m1/s1. The third-order valence-corrected chi connectivity index (χ3v) is 11.9. The molecule has 0 bridgehead atoms. The SMILES string of the molecule is CC(=O)OC[C@H]1O[C@@H](OC(C)=O)[C@H](NC(=O)C2C(=O)c3ccc(Oc4ccc5c(c4)C(=O)C(C(=O)N[C@H]4[C@H](OC(C)=O)O[C@@H]6C(OC(C)=O)=C(C)O[C@H]6[C@@H]4OC(C)=[N+]=O)C5=O)cc3C2=O)[C@@H](OC(C)=O)[C@@H]1OC(C)=O. The number of nitroso groups, excluding NO2 is 1. The molecule has 0 spiro atoms. The number of fused-ring (bicyclic) bond motifs is 3. The lowest BCUT2D eigenvalue weighted by Gasteiger charge is -2.44. The van der Waals surface area contributed by atoms with Gasteiger partial charge in [-0.05, 0) is 43.3 Å². The summed E-state index contributed by atoms with van der Waals surface area (Å²) in [5, 5.41) is 4.83. The first-order valence-corrected chi connectivity index (χ1v) is 22.6. The minimum atomic E-state index is -2.08. The van der Waals surface area contributed by atoms with E-state index in [-0.39, 0.29) is 45.3 Å². The molecule has 0 saturated carbocycles. The highest BCUT2D eigenvalue weighted by Gasteiger charge is 2.59. The van der Waals surface area contributed by atoms with Crippen molar-refractivity contribution in [2.75, 3.05) is 6.61 Å². The number of carbonyl (C=O) groups excluding carboxylic acids is 12. The molecule has 2 unspecified atom stereocenters. The van der Waals surface area contributed by atoms with E-state index in [0.29, 0.717) is 0 Å². The summed E-state index contributed by atoms with van der Waals surface area (Å²) in [7, 11) is 0. The monoisotopic (exact) mass is 1050 g/mol. The zero-order valence-electron chi connectivity index (χ0n) is 40.8. The zero-order chi connectivity index (χ0) is 54.9. The Bertz CT molecular complexity index is 2920. The van der Waals surface area contributed by atoms with E-state index in [2.05, 4.69) is 15.5 Å². The average Bonchev–Trinajstić information content (AvgIpc) is 3.86. The number of amides is 2. The Kier molecular flexibility index (Phi) is 15.7. The van der Waals surface area contributed by atoms with Crippen LogP contribution in [0.2, 0.25) is 0 Å². The van der Waals surface area contributed by atoms with Crippen molar-refractivity contribution in [2.24, 2.45) is 11.8 Å². The Balaban J connectivity index is 1.09. The van der Waals surface area contributed by atoms with Crippen molar-refractivity contribution in [2.45, 2.75) is 117 Å². The molecule has 2 fully saturated rings. The third-order valence-electron chi connectivity index (χ3n) is 11.9. The van der Waals surface area contributed by atoms with Crippen LogP contribution < -0.4 is 20.2 Å². The Morgan fingerprint density at radius 3 is 1.49 bits per heavy atom. The topological polar surface area (TPSA) is 362 Å². The molecule has 27 heteroatoms. The van der Waals surface area contributed by atoms with Crippen molar-refractivity contribution in [3.05, 3.63) is 75.1 Å². The number of rotatable bonds is 14. The number of ketones is 4. The van der Waals surface area contributed by atoms with Gasteiger partial charge in [0.2, 0.25) is 24.4 Å². The maximum atomic E-state index is 14.0. The van der Waals surface area contributed by atoms with Gasteiger partial charge >= 0.3 is 41.7 Å². The molecule has 3 aliphatic heterocycles. The molecule has 2 saturated heterocycles. The lowest BCUT2D eigenvalue weighted by atomic mass is 9.94. The van der Waals surface area contributed by atoms with Gasteiger partial charge < -0.3 is 62.7 Å². The van der Waals surface area contributed by atoms with E-state index in [1.54, 1.807) is 0 Å². The molecule has 27 nitrogen and oxygen atoms in total. The zero-order valence-corrected chi connectivity index (χ0v) is 40.8. The summed E-state index contributed by atoms with van der Waals surface area (Å²) < 4.78 is 60.9. The second-order valence-electron chi connectivity index (χ2n) is 17.3. The molecule has 2 aromatic rings. The molecular weight excluding hydrogens is 1000 g/mol. The van der Waals surface area contributed by atoms with Crippen LogP contribution in [0.1, 0.15) is 96.8 Å². The van der Waals surface area contributed by atoms with E-state index in [9.17, 15) is 62.4 Å². The van der Waals surface area contributed by atoms with Gasteiger partial charge in [0.1, 0.15) is 42.1 Å². The average molecular weight is 1050 g/mol. The summed E-state index contributed by atoms with van der Waals surface area (Å²) in [5.74, 6) is -16.7. The summed E-state index contributed by atoms with van der Waals surface area (Å²) in [4.78, 5) is 170. The summed E-state index contributed by atoms with van der Waals surface area (Å²) in [6, 6.07) is 3.83.